The molecule has 26 nitrogen and oxygen atoms in total. The average Bonchev–Trinajstić information content (AvgIpc) is 1.66. The summed E-state index contributed by atoms with van der Waals surface area (Å²) in [6, 6.07) is 18.2. The Morgan fingerprint density at radius 2 is 0.704 bits per heavy atom. The van der Waals surface area contributed by atoms with E-state index in [-0.39, 0.29) is 82.9 Å². The van der Waals surface area contributed by atoms with Crippen LogP contribution in [0.2, 0.25) is 0 Å². The molecule has 0 amide bonds. The largest absolute Gasteiger partial charge is 0.480 e. The molecule has 9 aromatic rings. The number of methoxy groups -OCH3 is 3. The molecule has 0 saturated carbocycles. The third-order valence-corrected chi connectivity index (χ3v) is 24.7. The molecule has 6 atom stereocenters. The van der Waals surface area contributed by atoms with Crippen LogP contribution in [-0.2, 0) is 82.4 Å². The zero-order valence-electron chi connectivity index (χ0n) is 61.1. The summed E-state index contributed by atoms with van der Waals surface area (Å²) >= 11 is 0. The van der Waals surface area contributed by atoms with E-state index in [1.54, 1.807) is 6.20 Å². The first-order valence-corrected chi connectivity index (χ1v) is 38.2. The minimum atomic E-state index is -4.60. The number of carbonyl (C=O) groups is 3. The molecule has 44 heteroatoms. The number of nitrogens with two attached hydrogens (primary N) is 1. The van der Waals surface area contributed by atoms with E-state index in [4.69, 9.17) is 19.9 Å². The molecule has 0 bridgehead atoms. The van der Waals surface area contributed by atoms with Gasteiger partial charge in [-0.25, -0.2) is 80.6 Å². The second kappa shape index (κ2) is 34.6. The van der Waals surface area contributed by atoms with Crippen LogP contribution in [0.15, 0.2) is 161 Å². The third-order valence-electron chi connectivity index (χ3n) is 18.7. The number of rotatable bonds is 22. The number of ketones is 2. The normalized spacial score (nSPS) is 20.3. The van der Waals surface area contributed by atoms with E-state index >= 15 is 0 Å². The van der Waals surface area contributed by atoms with Crippen molar-refractivity contribution in [2.45, 2.75) is 141 Å². The average molecular weight is 1690 g/mol. The van der Waals surface area contributed by atoms with Crippen molar-refractivity contribution in [1.82, 2.24) is 57.2 Å². The molecule has 12 rings (SSSR count). The van der Waals surface area contributed by atoms with E-state index in [0.29, 0.717) is 32.6 Å². The van der Waals surface area contributed by atoms with E-state index in [0.717, 1.165) is 125 Å². The number of carboxylic acid groups (broad SMARTS) is 1. The molecule has 3 fully saturated rings. The minimum Gasteiger partial charge on any atom is -0.480 e. The van der Waals surface area contributed by atoms with Crippen LogP contribution in [0.5, 0.6) is 17.6 Å². The molecule has 3 saturated heterocycles. The molecule has 620 valence electrons. The highest BCUT2D eigenvalue weighted by Crippen LogP contribution is 2.42. The summed E-state index contributed by atoms with van der Waals surface area (Å²) in [6.07, 6.45) is -12.2. The topological polar surface area (TPSA) is 329 Å². The molecule has 9 heterocycles. The van der Waals surface area contributed by atoms with Gasteiger partial charge in [0.05, 0.1) is 82.7 Å². The highest BCUT2D eigenvalue weighted by molar-refractivity contribution is 7.89. The van der Waals surface area contributed by atoms with E-state index in [1.807, 2.05) is 0 Å². The Morgan fingerprint density at radius 3 is 0.939 bits per heavy atom. The van der Waals surface area contributed by atoms with E-state index in [1.165, 1.54) is 79.8 Å². The maximum atomic E-state index is 14.5. The van der Waals surface area contributed by atoms with E-state index in [9.17, 15) is 111 Å². The summed E-state index contributed by atoms with van der Waals surface area (Å²) in [5, 5.41) is 21.6. The van der Waals surface area contributed by atoms with Crippen LogP contribution < -0.4 is 19.9 Å². The van der Waals surface area contributed by atoms with E-state index in [2.05, 4.69) is 30.2 Å². The van der Waals surface area contributed by atoms with Crippen LogP contribution in [0.1, 0.15) is 86.6 Å². The summed E-state index contributed by atoms with van der Waals surface area (Å²) in [4.78, 5) is 47.3. The fraction of sp³-hybridized carbons (Fsp3) is 0.366. The van der Waals surface area contributed by atoms with Crippen molar-refractivity contribution < 1.29 is 125 Å². The first kappa shape index (κ1) is 88.5. The van der Waals surface area contributed by atoms with Gasteiger partial charge in [0, 0.05) is 93.6 Å². The number of aliphatic carboxylic acids is 1. The Labute approximate surface area is 646 Å². The standard InChI is InChI=1S/2C24H23F5N4O4S.C12H13F2NO4S.C11H11F3N4O/c2*1-23(11-17(26)14-33(23)38(35,36)19-7-4-16(25)5-8-19)21(34)10-3-15-13-32(31-22(15)37-2)18-6-9-20(30-12-18)24(27,28)29;1-12(11(16)17)6-9(14)7-15(12)20(18,19)10-4-2-8(13)3-5-10;1-19-10-7(4-15)6-18(17-10)8-2-3-9(16-5-8)11(12,13)14/h2*4-9,12-13,17H,3,10-11,14H2,1-2H3;2-5,9H,6-7H2,1H3,(H,16,17);2-3,5-6H,4,15H2,1H3/t17-,23+;17-,23-;9-,12?;/m111./s1. The molecule has 1 unspecified atom stereocenters. The van der Waals surface area contributed by atoms with Crippen LogP contribution in [0.4, 0.5) is 65.9 Å². The van der Waals surface area contributed by atoms with Gasteiger partial charge >= 0.3 is 24.5 Å². The number of benzene rings is 3. The maximum absolute atomic E-state index is 14.5. The fourth-order valence-corrected chi connectivity index (χ4v) is 18.0. The van der Waals surface area contributed by atoms with Gasteiger partial charge in [-0.15, -0.1) is 15.3 Å². The second-order valence-corrected chi connectivity index (χ2v) is 32.2. The molecule has 115 heavy (non-hydrogen) atoms. The van der Waals surface area contributed by atoms with Crippen molar-refractivity contribution in [3.8, 4) is 34.7 Å². The number of aromatic nitrogens is 9. The molecule has 3 N–H and O–H groups in total. The molecule has 3 aliphatic heterocycles. The lowest BCUT2D eigenvalue weighted by Gasteiger charge is -2.32. The molecular weight excluding hydrogens is 1620 g/mol. The summed E-state index contributed by atoms with van der Waals surface area (Å²) in [5.41, 5.74) is -0.470. The number of aryl methyl sites for hydroxylation is 2. The number of hydrogen-bond donors (Lipinski definition) is 2. The van der Waals surface area contributed by atoms with Gasteiger partial charge in [0.1, 0.15) is 58.6 Å². The van der Waals surface area contributed by atoms with Crippen molar-refractivity contribution in [2.24, 2.45) is 5.73 Å². The van der Waals surface area contributed by atoms with Gasteiger partial charge in [0.25, 0.3) is 0 Å². The quantitative estimate of drug-likeness (QED) is 0.0595. The Morgan fingerprint density at radius 1 is 0.443 bits per heavy atom. The number of alkyl halides is 12. The lowest BCUT2D eigenvalue weighted by molar-refractivity contribution is -0.146. The van der Waals surface area contributed by atoms with Gasteiger partial charge in [0.15, 0.2) is 11.6 Å². The van der Waals surface area contributed by atoms with Gasteiger partial charge in [-0.05, 0) is 143 Å². The molecule has 0 spiro atoms. The van der Waals surface area contributed by atoms with Crippen LogP contribution >= 0.6 is 0 Å². The van der Waals surface area contributed by atoms with Crippen LogP contribution in [0, 0.1) is 17.5 Å². The summed E-state index contributed by atoms with van der Waals surface area (Å²) in [5.74, 6) is -3.87. The fourth-order valence-electron chi connectivity index (χ4n) is 12.6. The smallest absolute Gasteiger partial charge is 0.433 e. The Kier molecular flexibility index (Phi) is 26.6. The van der Waals surface area contributed by atoms with Crippen LogP contribution in [0.3, 0.4) is 0 Å². The number of nitrogens with zero attached hydrogens (tertiary/aromatic N) is 12. The lowest BCUT2D eigenvalue weighted by Crippen LogP contribution is -2.50. The SMILES string of the molecule is CC1(C(=O)O)C[C@@H](F)CN1S(=O)(=O)c1ccc(F)cc1.COc1nn(-c2ccc(C(F)(F)F)nc2)cc1CCC(=O)[C@@]1(C)C[C@@H](F)CN1S(=O)(=O)c1ccc(F)cc1.COc1nn(-c2ccc(C(F)(F)F)nc2)cc1CCC(=O)[C@]1(C)C[C@@H](F)CN1S(=O)(=O)c1ccc(F)cc1.COc1nn(-c2ccc(C(F)(F)F)nc2)cc1CN. The predicted octanol–water partition coefficient (Wildman–Crippen LogP) is 11.4. The van der Waals surface area contributed by atoms with Gasteiger partial charge in [-0.1, -0.05) is 0 Å². The molecule has 0 aliphatic carbocycles. The summed E-state index contributed by atoms with van der Waals surface area (Å²) in [6.45, 7) is 2.51. The first-order chi connectivity index (χ1) is 53.6. The molecule has 3 aliphatic rings. The number of carboxylic acids is 1. The van der Waals surface area contributed by atoms with Crippen LogP contribution in [-0.4, -0.2) is 181 Å². The number of sulfonamides is 3. The van der Waals surface area contributed by atoms with Crippen molar-refractivity contribution in [3.63, 3.8) is 0 Å². The number of hydrogen-bond acceptors (Lipinski definition) is 19. The Hall–Kier alpha value is -10.4. The highest BCUT2D eigenvalue weighted by Gasteiger charge is 2.56. The zero-order valence-corrected chi connectivity index (χ0v) is 63.5. The lowest BCUT2D eigenvalue weighted by atomic mass is 9.90. The van der Waals surface area contributed by atoms with Crippen molar-refractivity contribution in [1.29, 1.82) is 0 Å². The predicted molar refractivity (Wildman–Crippen MR) is 376 cm³/mol. The number of halogens is 15. The number of Topliss-reactive ketones (excluding diaryl/α,β-unsaturated/α-hetero) is 2. The Balaban J connectivity index is 0.000000184. The second-order valence-electron chi connectivity index (χ2n) is 26.6. The molecular formula is C71H70F15N13O13S3. The van der Waals surface area contributed by atoms with Gasteiger partial charge in [-0.2, -0.15) is 52.4 Å². The Bertz CT molecular complexity index is 5060. The molecule has 3 aromatic carbocycles. The van der Waals surface area contributed by atoms with E-state index < -0.39 is 162 Å². The summed E-state index contributed by atoms with van der Waals surface area (Å²) < 4.78 is 295. The third kappa shape index (κ3) is 19.8. The number of ether oxygens (including phenoxy) is 3. The molecule has 6 aromatic heterocycles. The van der Waals surface area contributed by atoms with Crippen molar-refractivity contribution in [2.75, 3.05) is 41.0 Å². The minimum absolute atomic E-state index is 0.0348. The summed E-state index contributed by atoms with van der Waals surface area (Å²) in [7, 11) is -8.71. The number of carbonyl (C=O) groups excluding carboxylic acids is 2. The van der Waals surface area contributed by atoms with Gasteiger partial charge in [-0.3, -0.25) is 14.4 Å². The van der Waals surface area contributed by atoms with Gasteiger partial charge in [0.2, 0.25) is 47.7 Å². The van der Waals surface area contributed by atoms with Crippen molar-refractivity contribution in [3.05, 3.63) is 198 Å². The van der Waals surface area contributed by atoms with Crippen LogP contribution in [0.25, 0.3) is 17.1 Å². The zero-order chi connectivity index (χ0) is 84.9. The first-order valence-electron chi connectivity index (χ1n) is 33.9. The van der Waals surface area contributed by atoms with Crippen molar-refractivity contribution >= 4 is 47.6 Å². The molecule has 0 radical (unpaired) electrons. The maximum Gasteiger partial charge on any atom is 0.433 e. The monoisotopic (exact) mass is 1690 g/mol. The van der Waals surface area contributed by atoms with Gasteiger partial charge < -0.3 is 25.1 Å². The number of pyridine rings is 3. The highest BCUT2D eigenvalue weighted by atomic mass is 32.2.